The standard InChI is InChI=1S/C16H27N3O/c1-3-17-16(19-12-15-9-6-10-20-15)18-11-14-8-5-4-7-13(14)2/h6,9-10,13-14H,3-5,7-8,11-12H2,1-2H3,(H2,17,18,19). The van der Waals surface area contributed by atoms with Crippen molar-refractivity contribution < 1.29 is 4.42 Å². The third-order valence-electron chi connectivity index (χ3n) is 4.14. The molecule has 2 rings (SSSR count). The van der Waals surface area contributed by atoms with Gasteiger partial charge in [0.25, 0.3) is 0 Å². The Morgan fingerprint density at radius 2 is 2.20 bits per heavy atom. The molecule has 1 aliphatic carbocycles. The molecule has 1 aromatic heterocycles. The molecule has 4 heteroatoms. The Balaban J connectivity index is 1.83. The third kappa shape index (κ3) is 4.58. The lowest BCUT2D eigenvalue weighted by Gasteiger charge is -2.29. The van der Waals surface area contributed by atoms with Crippen molar-refractivity contribution >= 4 is 5.96 Å². The maximum absolute atomic E-state index is 5.31. The Kier molecular flexibility index (Phi) is 5.96. The zero-order chi connectivity index (χ0) is 14.2. The molecule has 20 heavy (non-hydrogen) atoms. The molecule has 1 aromatic rings. The second kappa shape index (κ2) is 7.98. The lowest BCUT2D eigenvalue weighted by Crippen LogP contribution is -2.41. The predicted molar refractivity (Wildman–Crippen MR) is 82.6 cm³/mol. The first kappa shape index (κ1) is 14.9. The van der Waals surface area contributed by atoms with Gasteiger partial charge in [-0.1, -0.05) is 26.2 Å². The van der Waals surface area contributed by atoms with E-state index in [0.717, 1.165) is 36.6 Å². The molecule has 0 saturated heterocycles. The highest BCUT2D eigenvalue weighted by Crippen LogP contribution is 2.28. The summed E-state index contributed by atoms with van der Waals surface area (Å²) < 4.78 is 5.31. The van der Waals surface area contributed by atoms with Crippen LogP contribution in [0.4, 0.5) is 0 Å². The minimum absolute atomic E-state index is 0.586. The van der Waals surface area contributed by atoms with Crippen LogP contribution in [0.25, 0.3) is 0 Å². The van der Waals surface area contributed by atoms with E-state index >= 15 is 0 Å². The van der Waals surface area contributed by atoms with Crippen molar-refractivity contribution in [3.05, 3.63) is 24.2 Å². The van der Waals surface area contributed by atoms with Crippen LogP contribution < -0.4 is 10.6 Å². The molecule has 1 aliphatic rings. The Morgan fingerprint density at radius 3 is 2.90 bits per heavy atom. The molecule has 0 bridgehead atoms. The fourth-order valence-electron chi connectivity index (χ4n) is 2.83. The van der Waals surface area contributed by atoms with E-state index in [4.69, 9.17) is 4.42 Å². The van der Waals surface area contributed by atoms with Crippen LogP contribution in [-0.4, -0.2) is 19.0 Å². The van der Waals surface area contributed by atoms with Crippen LogP contribution in [0.5, 0.6) is 0 Å². The SMILES string of the molecule is CCNC(=NCc1ccco1)NCC1CCCCC1C. The van der Waals surface area contributed by atoms with Crippen LogP contribution in [0.2, 0.25) is 0 Å². The van der Waals surface area contributed by atoms with Gasteiger partial charge in [-0.05, 0) is 37.3 Å². The van der Waals surface area contributed by atoms with Gasteiger partial charge in [-0.15, -0.1) is 0 Å². The first-order valence-corrected chi connectivity index (χ1v) is 7.84. The highest BCUT2D eigenvalue weighted by atomic mass is 16.3. The van der Waals surface area contributed by atoms with Crippen LogP contribution in [0.15, 0.2) is 27.8 Å². The van der Waals surface area contributed by atoms with Crippen LogP contribution >= 0.6 is 0 Å². The highest BCUT2D eigenvalue weighted by molar-refractivity contribution is 5.79. The number of hydrogen-bond donors (Lipinski definition) is 2. The summed E-state index contributed by atoms with van der Waals surface area (Å²) in [5.74, 6) is 3.38. The lowest BCUT2D eigenvalue weighted by atomic mass is 9.80. The average molecular weight is 277 g/mol. The van der Waals surface area contributed by atoms with Crippen molar-refractivity contribution in [2.45, 2.75) is 46.1 Å². The molecular weight excluding hydrogens is 250 g/mol. The van der Waals surface area contributed by atoms with E-state index in [1.54, 1.807) is 6.26 Å². The van der Waals surface area contributed by atoms with Crippen molar-refractivity contribution in [1.82, 2.24) is 10.6 Å². The quantitative estimate of drug-likeness (QED) is 0.642. The van der Waals surface area contributed by atoms with Gasteiger partial charge < -0.3 is 15.1 Å². The van der Waals surface area contributed by atoms with Crippen molar-refractivity contribution in [2.75, 3.05) is 13.1 Å². The molecule has 0 spiro atoms. The minimum Gasteiger partial charge on any atom is -0.467 e. The van der Waals surface area contributed by atoms with Crippen LogP contribution in [0, 0.1) is 11.8 Å². The molecule has 0 radical (unpaired) electrons. The van der Waals surface area contributed by atoms with E-state index in [-0.39, 0.29) is 0 Å². The minimum atomic E-state index is 0.586. The van der Waals surface area contributed by atoms with E-state index in [9.17, 15) is 0 Å². The number of guanidine groups is 1. The van der Waals surface area contributed by atoms with Gasteiger partial charge >= 0.3 is 0 Å². The molecule has 0 aliphatic heterocycles. The van der Waals surface area contributed by atoms with E-state index in [1.807, 2.05) is 12.1 Å². The number of rotatable bonds is 5. The summed E-state index contributed by atoms with van der Waals surface area (Å²) in [6.45, 7) is 6.95. The molecule has 1 fully saturated rings. The van der Waals surface area contributed by atoms with Crippen molar-refractivity contribution in [3.63, 3.8) is 0 Å². The monoisotopic (exact) mass is 277 g/mol. The van der Waals surface area contributed by atoms with Gasteiger partial charge in [0.1, 0.15) is 12.3 Å². The Hall–Kier alpha value is -1.45. The summed E-state index contributed by atoms with van der Waals surface area (Å²) in [6, 6.07) is 3.85. The van der Waals surface area contributed by atoms with Crippen molar-refractivity contribution in [1.29, 1.82) is 0 Å². The maximum Gasteiger partial charge on any atom is 0.191 e. The van der Waals surface area contributed by atoms with Gasteiger partial charge in [-0.2, -0.15) is 0 Å². The molecule has 2 atom stereocenters. The molecule has 4 nitrogen and oxygen atoms in total. The van der Waals surface area contributed by atoms with Gasteiger partial charge in [0, 0.05) is 13.1 Å². The molecule has 112 valence electrons. The first-order valence-electron chi connectivity index (χ1n) is 7.84. The molecule has 2 unspecified atom stereocenters. The first-order chi connectivity index (χ1) is 9.79. The van der Waals surface area contributed by atoms with E-state index in [0.29, 0.717) is 6.54 Å². The molecular formula is C16H27N3O. The summed E-state index contributed by atoms with van der Waals surface area (Å²) in [4.78, 5) is 4.57. The predicted octanol–water partition coefficient (Wildman–Crippen LogP) is 3.16. The number of nitrogens with zero attached hydrogens (tertiary/aromatic N) is 1. The number of aliphatic imine (C=N–C) groups is 1. The zero-order valence-electron chi connectivity index (χ0n) is 12.7. The average Bonchev–Trinajstić information content (AvgIpc) is 2.97. The fraction of sp³-hybridized carbons (Fsp3) is 0.688. The Bertz CT molecular complexity index is 400. The second-order valence-electron chi connectivity index (χ2n) is 5.68. The largest absolute Gasteiger partial charge is 0.467 e. The number of hydrogen-bond acceptors (Lipinski definition) is 2. The second-order valence-corrected chi connectivity index (χ2v) is 5.68. The zero-order valence-corrected chi connectivity index (χ0v) is 12.7. The molecule has 0 aromatic carbocycles. The smallest absolute Gasteiger partial charge is 0.191 e. The summed E-state index contributed by atoms with van der Waals surface area (Å²) >= 11 is 0. The van der Waals surface area contributed by atoms with E-state index in [2.05, 4.69) is 29.5 Å². The molecule has 0 amide bonds. The lowest BCUT2D eigenvalue weighted by molar-refractivity contribution is 0.256. The van der Waals surface area contributed by atoms with Crippen LogP contribution in [0.1, 0.15) is 45.3 Å². The van der Waals surface area contributed by atoms with Crippen molar-refractivity contribution in [3.8, 4) is 0 Å². The number of furan rings is 1. The van der Waals surface area contributed by atoms with Gasteiger partial charge in [-0.3, -0.25) is 0 Å². The summed E-state index contributed by atoms with van der Waals surface area (Å²) in [5.41, 5.74) is 0. The van der Waals surface area contributed by atoms with Gasteiger partial charge in [-0.25, -0.2) is 4.99 Å². The van der Waals surface area contributed by atoms with E-state index in [1.165, 1.54) is 25.7 Å². The molecule has 2 N–H and O–H groups in total. The van der Waals surface area contributed by atoms with Gasteiger partial charge in [0.05, 0.1) is 6.26 Å². The summed E-state index contributed by atoms with van der Waals surface area (Å²) in [5, 5.41) is 6.78. The van der Waals surface area contributed by atoms with Crippen LogP contribution in [0.3, 0.4) is 0 Å². The summed E-state index contributed by atoms with van der Waals surface area (Å²) in [7, 11) is 0. The maximum atomic E-state index is 5.31. The molecule has 1 saturated carbocycles. The molecule has 1 heterocycles. The van der Waals surface area contributed by atoms with Crippen molar-refractivity contribution in [2.24, 2.45) is 16.8 Å². The van der Waals surface area contributed by atoms with Crippen LogP contribution in [-0.2, 0) is 6.54 Å². The Morgan fingerprint density at radius 1 is 1.35 bits per heavy atom. The fourth-order valence-corrected chi connectivity index (χ4v) is 2.83. The Labute approximate surface area is 122 Å². The topological polar surface area (TPSA) is 49.6 Å². The summed E-state index contributed by atoms with van der Waals surface area (Å²) in [6.07, 6.45) is 7.16. The van der Waals surface area contributed by atoms with Gasteiger partial charge in [0.15, 0.2) is 5.96 Å². The highest BCUT2D eigenvalue weighted by Gasteiger charge is 2.21. The third-order valence-corrected chi connectivity index (χ3v) is 4.14. The normalized spacial score (nSPS) is 23.6. The number of nitrogens with one attached hydrogen (secondary N) is 2. The van der Waals surface area contributed by atoms with E-state index < -0.39 is 0 Å². The van der Waals surface area contributed by atoms with Gasteiger partial charge in [0.2, 0.25) is 0 Å².